The fourth-order valence-electron chi connectivity index (χ4n) is 3.22. The highest BCUT2D eigenvalue weighted by Gasteiger charge is 2.19. The summed E-state index contributed by atoms with van der Waals surface area (Å²) in [6, 6.07) is 7.14. The fourth-order valence-corrected chi connectivity index (χ4v) is 4.51. The van der Waals surface area contributed by atoms with Crippen molar-refractivity contribution in [2.75, 3.05) is 20.3 Å². The number of carbonyl (C=O) groups is 1. The van der Waals surface area contributed by atoms with Crippen LogP contribution in [0.5, 0.6) is 11.5 Å². The smallest absolute Gasteiger partial charge is 0.343 e. The number of ether oxygens (including phenoxy) is 3. The van der Waals surface area contributed by atoms with Crippen LogP contribution in [0.15, 0.2) is 47.6 Å². The normalized spacial score (nSPS) is 11.3. The molecule has 3 aromatic rings. The van der Waals surface area contributed by atoms with Crippen molar-refractivity contribution >= 4 is 70.9 Å². The first-order chi connectivity index (χ1) is 16.8. The van der Waals surface area contributed by atoms with E-state index in [-0.39, 0.29) is 12.2 Å². The average molecular weight is 674 g/mol. The zero-order valence-electron chi connectivity index (χ0n) is 19.4. The van der Waals surface area contributed by atoms with Gasteiger partial charge in [-0.1, -0.05) is 29.3 Å². The van der Waals surface area contributed by atoms with Gasteiger partial charge in [-0.2, -0.15) is 9.78 Å². The van der Waals surface area contributed by atoms with Crippen molar-refractivity contribution in [3.8, 4) is 11.5 Å². The molecular weight excluding hydrogens is 650 g/mol. The van der Waals surface area contributed by atoms with Crippen LogP contribution >= 0.6 is 47.8 Å². The van der Waals surface area contributed by atoms with Gasteiger partial charge in [0.05, 0.1) is 35.3 Å². The summed E-state index contributed by atoms with van der Waals surface area (Å²) in [5, 5.41) is 4.98. The molecule has 0 N–H and O–H groups in total. The van der Waals surface area contributed by atoms with Gasteiger partial charge in [0.1, 0.15) is 5.82 Å². The Bertz CT molecular complexity index is 1320. The number of carbonyl (C=O) groups excluding carboxylic acids is 1. The van der Waals surface area contributed by atoms with E-state index in [1.807, 2.05) is 19.1 Å². The number of unbranched alkanes of at least 4 members (excludes halogenated alkanes) is 1. The summed E-state index contributed by atoms with van der Waals surface area (Å²) in [7, 11) is 1.29. The molecule has 186 valence electrons. The molecule has 0 bridgehead atoms. The Labute approximate surface area is 228 Å². The first-order valence-electron chi connectivity index (χ1n) is 10.9. The zero-order chi connectivity index (χ0) is 25.5. The van der Waals surface area contributed by atoms with Crippen LogP contribution in [0.2, 0.25) is 0 Å². The Kier molecular flexibility index (Phi) is 9.88. The number of aryl methyl sites for hydroxylation is 1. The van der Waals surface area contributed by atoms with Crippen molar-refractivity contribution in [1.82, 2.24) is 9.66 Å². The molecule has 3 rings (SSSR count). The van der Waals surface area contributed by atoms with E-state index in [9.17, 15) is 9.59 Å². The third kappa shape index (κ3) is 6.50. The number of nitrogens with zero attached hydrogens (tertiary/aromatic N) is 3. The Hall–Kier alpha value is -2.24. The van der Waals surface area contributed by atoms with Gasteiger partial charge in [-0.15, -0.1) is 0 Å². The molecule has 0 fully saturated rings. The lowest BCUT2D eigenvalue weighted by Gasteiger charge is -2.16. The highest BCUT2D eigenvalue weighted by atomic mass is 79.9. The van der Waals surface area contributed by atoms with Crippen LogP contribution in [0.25, 0.3) is 10.9 Å². The second-order valence-electron chi connectivity index (χ2n) is 7.37. The quantitative estimate of drug-likeness (QED) is 0.198. The SMILES string of the molecule is CCCCc1nc2ccc(Br)cc2c(=O)n1N=Cc1cc(OCC)c(OCC(=O)OC)c(Br)c1Br. The second-order valence-corrected chi connectivity index (χ2v) is 9.88. The molecule has 0 spiro atoms. The Balaban J connectivity index is 2.09. The molecule has 11 heteroatoms. The van der Waals surface area contributed by atoms with Crippen molar-refractivity contribution in [3.05, 3.63) is 59.4 Å². The van der Waals surface area contributed by atoms with Crippen LogP contribution in [0.4, 0.5) is 0 Å². The molecule has 0 amide bonds. The number of hydrogen-bond acceptors (Lipinski definition) is 7. The van der Waals surface area contributed by atoms with Gasteiger partial charge < -0.3 is 14.2 Å². The molecule has 0 aliphatic heterocycles. The highest BCUT2D eigenvalue weighted by molar-refractivity contribution is 9.13. The fraction of sp³-hybridized carbons (Fsp3) is 0.333. The monoisotopic (exact) mass is 671 g/mol. The minimum atomic E-state index is -0.518. The van der Waals surface area contributed by atoms with Gasteiger partial charge in [0.25, 0.3) is 5.56 Å². The topological polar surface area (TPSA) is 92.0 Å². The van der Waals surface area contributed by atoms with Gasteiger partial charge >= 0.3 is 5.97 Å². The van der Waals surface area contributed by atoms with E-state index in [1.54, 1.807) is 18.3 Å². The lowest BCUT2D eigenvalue weighted by Crippen LogP contribution is -2.22. The van der Waals surface area contributed by atoms with E-state index < -0.39 is 5.97 Å². The first kappa shape index (κ1) is 27.3. The summed E-state index contributed by atoms with van der Waals surface area (Å²) in [4.78, 5) is 29.6. The van der Waals surface area contributed by atoms with Crippen LogP contribution in [0.1, 0.15) is 38.1 Å². The first-order valence-corrected chi connectivity index (χ1v) is 13.3. The minimum absolute atomic E-state index is 0.253. The maximum atomic E-state index is 13.3. The summed E-state index contributed by atoms with van der Waals surface area (Å²) in [6.45, 7) is 4.02. The van der Waals surface area contributed by atoms with Gasteiger partial charge in [-0.25, -0.2) is 9.78 Å². The molecule has 0 atom stereocenters. The molecular formula is C24H24Br3N3O5. The molecule has 0 aliphatic rings. The second kappa shape index (κ2) is 12.6. The molecule has 0 aliphatic carbocycles. The summed E-state index contributed by atoms with van der Waals surface area (Å²) >= 11 is 10.5. The molecule has 1 heterocycles. The van der Waals surface area contributed by atoms with Gasteiger partial charge in [-0.3, -0.25) is 4.79 Å². The minimum Gasteiger partial charge on any atom is -0.490 e. The number of benzene rings is 2. The summed E-state index contributed by atoms with van der Waals surface area (Å²) < 4.78 is 19.3. The molecule has 0 radical (unpaired) electrons. The molecule has 2 aromatic carbocycles. The Morgan fingerprint density at radius 1 is 1.14 bits per heavy atom. The van der Waals surface area contributed by atoms with Crippen LogP contribution in [-0.4, -0.2) is 42.2 Å². The van der Waals surface area contributed by atoms with Crippen molar-refractivity contribution in [1.29, 1.82) is 0 Å². The maximum Gasteiger partial charge on any atom is 0.343 e. The molecule has 0 saturated carbocycles. The Morgan fingerprint density at radius 3 is 2.60 bits per heavy atom. The van der Waals surface area contributed by atoms with Crippen molar-refractivity contribution in [2.24, 2.45) is 5.10 Å². The molecule has 0 unspecified atom stereocenters. The van der Waals surface area contributed by atoms with Crippen LogP contribution in [0.3, 0.4) is 0 Å². The van der Waals surface area contributed by atoms with Gasteiger partial charge in [-0.05, 0) is 69.5 Å². The summed E-state index contributed by atoms with van der Waals surface area (Å²) in [5.41, 5.74) is 1.01. The third-order valence-electron chi connectivity index (χ3n) is 4.96. The molecule has 1 aromatic heterocycles. The van der Waals surface area contributed by atoms with Crippen molar-refractivity contribution < 1.29 is 19.0 Å². The molecule has 35 heavy (non-hydrogen) atoms. The molecule has 8 nitrogen and oxygen atoms in total. The average Bonchev–Trinajstić information content (AvgIpc) is 2.85. The number of hydrogen-bond donors (Lipinski definition) is 0. The van der Waals surface area contributed by atoms with Crippen LogP contribution in [0, 0.1) is 0 Å². The van der Waals surface area contributed by atoms with E-state index in [2.05, 4.69) is 64.6 Å². The summed E-state index contributed by atoms with van der Waals surface area (Å²) in [6.07, 6.45) is 4.01. The lowest BCUT2D eigenvalue weighted by molar-refractivity contribution is -0.142. The zero-order valence-corrected chi connectivity index (χ0v) is 24.2. The van der Waals surface area contributed by atoms with E-state index >= 15 is 0 Å². The maximum absolute atomic E-state index is 13.3. The predicted molar refractivity (Wildman–Crippen MR) is 146 cm³/mol. The lowest BCUT2D eigenvalue weighted by atomic mass is 10.2. The van der Waals surface area contributed by atoms with Crippen molar-refractivity contribution in [2.45, 2.75) is 33.1 Å². The standard InChI is InChI=1S/C24H24Br3N3O5/c1-4-6-7-19-29-17-9-8-15(25)11-16(17)24(32)30(19)28-12-14-10-18(34-5-2)23(22(27)21(14)26)35-13-20(31)33-3/h8-12H,4-7,13H2,1-3H3. The van der Waals surface area contributed by atoms with Crippen LogP contribution < -0.4 is 15.0 Å². The van der Waals surface area contributed by atoms with E-state index in [4.69, 9.17) is 14.5 Å². The number of esters is 1. The van der Waals surface area contributed by atoms with Crippen molar-refractivity contribution in [3.63, 3.8) is 0 Å². The van der Waals surface area contributed by atoms with E-state index in [0.29, 0.717) is 55.8 Å². The summed E-state index contributed by atoms with van der Waals surface area (Å²) in [5.74, 6) is 0.822. The Morgan fingerprint density at radius 2 is 1.91 bits per heavy atom. The molecule has 0 saturated heterocycles. The van der Waals surface area contributed by atoms with E-state index in [0.717, 1.165) is 17.3 Å². The number of halogens is 3. The number of methoxy groups -OCH3 is 1. The van der Waals surface area contributed by atoms with Gasteiger partial charge in [0.15, 0.2) is 18.1 Å². The highest BCUT2D eigenvalue weighted by Crippen LogP contribution is 2.42. The largest absolute Gasteiger partial charge is 0.490 e. The number of rotatable bonds is 10. The van der Waals surface area contributed by atoms with E-state index in [1.165, 1.54) is 11.8 Å². The predicted octanol–water partition coefficient (Wildman–Crippen LogP) is 5.86. The van der Waals surface area contributed by atoms with Crippen LogP contribution in [-0.2, 0) is 16.0 Å². The number of fused-ring (bicyclic) bond motifs is 1. The third-order valence-corrected chi connectivity index (χ3v) is 7.60. The van der Waals surface area contributed by atoms with Gasteiger partial charge in [0.2, 0.25) is 0 Å². The van der Waals surface area contributed by atoms with Gasteiger partial charge in [0, 0.05) is 20.9 Å². The number of aromatic nitrogens is 2.